The summed E-state index contributed by atoms with van der Waals surface area (Å²) in [6.07, 6.45) is 1.48. The zero-order valence-electron chi connectivity index (χ0n) is 9.63. The molecule has 0 radical (unpaired) electrons. The Morgan fingerprint density at radius 2 is 2.00 bits per heavy atom. The number of hydrogen-bond acceptors (Lipinski definition) is 3. The monoisotopic (exact) mass is 243 g/mol. The molecule has 0 amide bonds. The number of halogens is 1. The number of aromatic nitrogens is 5. The molecule has 0 fully saturated rings. The van der Waals surface area contributed by atoms with Gasteiger partial charge in [-0.05, 0) is 30.3 Å². The van der Waals surface area contributed by atoms with E-state index in [4.69, 9.17) is 0 Å². The molecule has 0 aliphatic carbocycles. The number of hydrogen-bond donors (Lipinski definition) is 1. The van der Waals surface area contributed by atoms with Crippen molar-refractivity contribution in [2.45, 2.75) is 0 Å². The third-order valence-electron chi connectivity index (χ3n) is 2.67. The maximum absolute atomic E-state index is 12.8. The lowest BCUT2D eigenvalue weighted by molar-refractivity contribution is 0.628. The van der Waals surface area contributed by atoms with Crippen LogP contribution < -0.4 is 0 Å². The first kappa shape index (κ1) is 10.6. The standard InChI is InChI=1S/C12H10FN5/c1-18-12(14-7-15-18)11-6-10(16-17-11)8-2-4-9(13)5-3-8/h2-7H,1H3,(H,16,17). The van der Waals surface area contributed by atoms with Crippen molar-refractivity contribution in [1.82, 2.24) is 25.0 Å². The smallest absolute Gasteiger partial charge is 0.175 e. The van der Waals surface area contributed by atoms with Crippen LogP contribution in [0.25, 0.3) is 22.8 Å². The molecule has 1 N–H and O–H groups in total. The van der Waals surface area contributed by atoms with Gasteiger partial charge in [0.15, 0.2) is 5.82 Å². The molecule has 0 bridgehead atoms. The number of benzene rings is 1. The van der Waals surface area contributed by atoms with Gasteiger partial charge in [0.1, 0.15) is 17.8 Å². The molecule has 2 aromatic heterocycles. The summed E-state index contributed by atoms with van der Waals surface area (Å²) < 4.78 is 14.5. The highest BCUT2D eigenvalue weighted by molar-refractivity contribution is 5.64. The minimum atomic E-state index is -0.261. The Balaban J connectivity index is 1.99. The Labute approximate surface area is 102 Å². The molecular weight excluding hydrogens is 233 g/mol. The van der Waals surface area contributed by atoms with Crippen LogP contribution in [0.4, 0.5) is 4.39 Å². The fraction of sp³-hybridized carbons (Fsp3) is 0.0833. The third-order valence-corrected chi connectivity index (χ3v) is 2.67. The van der Waals surface area contributed by atoms with Crippen molar-refractivity contribution in [1.29, 1.82) is 0 Å². The summed E-state index contributed by atoms with van der Waals surface area (Å²) in [5.74, 6) is 0.443. The molecule has 0 spiro atoms. The summed E-state index contributed by atoms with van der Waals surface area (Å²) in [7, 11) is 1.81. The number of aryl methyl sites for hydroxylation is 1. The first-order valence-electron chi connectivity index (χ1n) is 5.40. The predicted octanol–water partition coefficient (Wildman–Crippen LogP) is 2.01. The van der Waals surface area contributed by atoms with Crippen molar-refractivity contribution in [3.8, 4) is 22.8 Å². The van der Waals surface area contributed by atoms with Gasteiger partial charge in [0, 0.05) is 12.6 Å². The number of H-pyrrole nitrogens is 1. The molecule has 1 aromatic carbocycles. The van der Waals surface area contributed by atoms with Gasteiger partial charge in [-0.1, -0.05) is 0 Å². The summed E-state index contributed by atoms with van der Waals surface area (Å²) in [5, 5.41) is 11.1. The molecule has 18 heavy (non-hydrogen) atoms. The van der Waals surface area contributed by atoms with E-state index in [0.717, 1.165) is 17.0 Å². The van der Waals surface area contributed by atoms with Gasteiger partial charge in [-0.15, -0.1) is 0 Å². The van der Waals surface area contributed by atoms with Gasteiger partial charge in [-0.3, -0.25) is 5.10 Å². The molecule has 0 aliphatic rings. The molecule has 5 nitrogen and oxygen atoms in total. The molecule has 3 rings (SSSR count). The lowest BCUT2D eigenvalue weighted by atomic mass is 10.1. The van der Waals surface area contributed by atoms with Crippen LogP contribution in [-0.4, -0.2) is 25.0 Å². The van der Waals surface area contributed by atoms with Crippen LogP contribution in [0, 0.1) is 5.82 Å². The molecule has 90 valence electrons. The van der Waals surface area contributed by atoms with E-state index in [1.54, 1.807) is 23.9 Å². The fourth-order valence-corrected chi connectivity index (χ4v) is 1.74. The van der Waals surface area contributed by atoms with Crippen molar-refractivity contribution < 1.29 is 4.39 Å². The average molecular weight is 243 g/mol. The number of aromatic amines is 1. The van der Waals surface area contributed by atoms with Gasteiger partial charge in [-0.25, -0.2) is 14.1 Å². The number of rotatable bonds is 2. The number of nitrogens with zero attached hydrogens (tertiary/aromatic N) is 4. The van der Waals surface area contributed by atoms with Crippen molar-refractivity contribution in [2.24, 2.45) is 7.05 Å². The van der Waals surface area contributed by atoms with Crippen LogP contribution in [0.3, 0.4) is 0 Å². The molecule has 0 saturated carbocycles. The average Bonchev–Trinajstić information content (AvgIpc) is 2.98. The Bertz CT molecular complexity index is 668. The minimum Gasteiger partial charge on any atom is -0.274 e. The molecule has 6 heteroatoms. The zero-order chi connectivity index (χ0) is 12.5. The van der Waals surface area contributed by atoms with Gasteiger partial charge in [-0.2, -0.15) is 10.2 Å². The van der Waals surface area contributed by atoms with Crippen molar-refractivity contribution in [3.63, 3.8) is 0 Å². The first-order chi connectivity index (χ1) is 8.74. The lowest BCUT2D eigenvalue weighted by Gasteiger charge is -1.95. The largest absolute Gasteiger partial charge is 0.274 e. The highest BCUT2D eigenvalue weighted by atomic mass is 19.1. The van der Waals surface area contributed by atoms with E-state index in [1.165, 1.54) is 18.5 Å². The van der Waals surface area contributed by atoms with E-state index in [2.05, 4.69) is 20.3 Å². The quantitative estimate of drug-likeness (QED) is 0.749. The lowest BCUT2D eigenvalue weighted by Crippen LogP contribution is -1.94. The van der Waals surface area contributed by atoms with Crippen LogP contribution in [0.1, 0.15) is 0 Å². The van der Waals surface area contributed by atoms with E-state index >= 15 is 0 Å². The van der Waals surface area contributed by atoms with Crippen LogP contribution in [0.15, 0.2) is 36.7 Å². The highest BCUT2D eigenvalue weighted by Crippen LogP contribution is 2.22. The Morgan fingerprint density at radius 3 is 2.67 bits per heavy atom. The van der Waals surface area contributed by atoms with Gasteiger partial charge >= 0.3 is 0 Å². The summed E-state index contributed by atoms with van der Waals surface area (Å²) in [5.41, 5.74) is 2.36. The summed E-state index contributed by atoms with van der Waals surface area (Å²) in [6, 6.07) is 8.05. The fourth-order valence-electron chi connectivity index (χ4n) is 1.74. The van der Waals surface area contributed by atoms with Gasteiger partial charge in [0.25, 0.3) is 0 Å². The van der Waals surface area contributed by atoms with E-state index in [0.29, 0.717) is 5.82 Å². The van der Waals surface area contributed by atoms with E-state index < -0.39 is 0 Å². The maximum Gasteiger partial charge on any atom is 0.175 e. The van der Waals surface area contributed by atoms with Crippen LogP contribution in [-0.2, 0) is 7.05 Å². The van der Waals surface area contributed by atoms with E-state index in [-0.39, 0.29) is 5.82 Å². The van der Waals surface area contributed by atoms with E-state index in [9.17, 15) is 4.39 Å². The predicted molar refractivity (Wildman–Crippen MR) is 64.0 cm³/mol. The Hall–Kier alpha value is -2.50. The molecule has 0 aliphatic heterocycles. The number of nitrogens with one attached hydrogen (secondary N) is 1. The highest BCUT2D eigenvalue weighted by Gasteiger charge is 2.09. The second-order valence-corrected chi connectivity index (χ2v) is 3.88. The minimum absolute atomic E-state index is 0.261. The first-order valence-corrected chi connectivity index (χ1v) is 5.40. The van der Waals surface area contributed by atoms with Crippen molar-refractivity contribution >= 4 is 0 Å². The van der Waals surface area contributed by atoms with Crippen molar-refractivity contribution in [3.05, 3.63) is 42.5 Å². The molecule has 0 saturated heterocycles. The zero-order valence-corrected chi connectivity index (χ0v) is 9.63. The van der Waals surface area contributed by atoms with Crippen molar-refractivity contribution in [2.75, 3.05) is 0 Å². The second-order valence-electron chi connectivity index (χ2n) is 3.88. The third kappa shape index (κ3) is 1.77. The molecular formula is C12H10FN5. The Morgan fingerprint density at radius 1 is 1.22 bits per heavy atom. The topological polar surface area (TPSA) is 59.4 Å². The Kier molecular flexibility index (Phi) is 2.40. The molecule has 2 heterocycles. The summed E-state index contributed by atoms with van der Waals surface area (Å²) in [4.78, 5) is 4.13. The van der Waals surface area contributed by atoms with Gasteiger partial charge in [0.2, 0.25) is 0 Å². The van der Waals surface area contributed by atoms with Gasteiger partial charge in [0.05, 0.1) is 5.69 Å². The molecule has 0 unspecified atom stereocenters. The maximum atomic E-state index is 12.8. The SMILES string of the molecule is Cn1ncnc1-c1cc(-c2ccc(F)cc2)n[nH]1. The summed E-state index contributed by atoms with van der Waals surface area (Å²) in [6.45, 7) is 0. The molecule has 0 atom stereocenters. The van der Waals surface area contributed by atoms with Gasteiger partial charge < -0.3 is 0 Å². The van der Waals surface area contributed by atoms with Crippen LogP contribution in [0.5, 0.6) is 0 Å². The normalized spacial score (nSPS) is 10.8. The van der Waals surface area contributed by atoms with E-state index in [1.807, 2.05) is 6.07 Å². The van der Waals surface area contributed by atoms with Crippen LogP contribution >= 0.6 is 0 Å². The van der Waals surface area contributed by atoms with Crippen LogP contribution in [0.2, 0.25) is 0 Å². The second kappa shape index (κ2) is 4.06. The molecule has 3 aromatic rings. The summed E-state index contributed by atoms with van der Waals surface area (Å²) >= 11 is 0.